The van der Waals surface area contributed by atoms with Crippen LogP contribution in [0.25, 0.3) is 0 Å². The number of benzene rings is 1. The number of aryl methyl sites for hydroxylation is 1. The molecule has 0 aliphatic rings. The Bertz CT molecular complexity index is 1250. The molecule has 7 nitrogen and oxygen atoms in total. The number of carbonyl (C=O) groups excluding carboxylic acids is 2. The van der Waals surface area contributed by atoms with Crippen LogP contribution in [0.3, 0.4) is 0 Å². The number of aromatic nitrogens is 1. The maximum Gasteiger partial charge on any atom is 0.315 e. The van der Waals surface area contributed by atoms with Gasteiger partial charge < -0.3 is 18.7 Å². The van der Waals surface area contributed by atoms with Crippen LogP contribution in [0.4, 0.5) is 0 Å². The van der Waals surface area contributed by atoms with Gasteiger partial charge in [0.25, 0.3) is 5.91 Å². The number of hydrogen-bond donors (Lipinski definition) is 1. The maximum atomic E-state index is 12.6. The second-order valence-electron chi connectivity index (χ2n) is 7.01. The summed E-state index contributed by atoms with van der Waals surface area (Å²) in [6, 6.07) is 16.2. The zero-order chi connectivity index (χ0) is 21.8. The van der Waals surface area contributed by atoms with Gasteiger partial charge in [0.15, 0.2) is 16.3 Å². The molecular weight excluding hydrogens is 414 g/mol. The van der Waals surface area contributed by atoms with E-state index in [0.717, 1.165) is 11.3 Å². The topological polar surface area (TPSA) is 89.7 Å². The van der Waals surface area contributed by atoms with Crippen LogP contribution >= 0.6 is 11.3 Å². The minimum absolute atomic E-state index is 0.145. The Balaban J connectivity index is 1.49. The summed E-state index contributed by atoms with van der Waals surface area (Å²) in [6.07, 6.45) is 1.44. The fraction of sp³-hybridized carbons (Fsp3) is 0.174. The molecule has 0 saturated heterocycles. The van der Waals surface area contributed by atoms with Crippen LogP contribution in [-0.4, -0.2) is 16.4 Å². The van der Waals surface area contributed by atoms with E-state index in [4.69, 9.17) is 8.83 Å². The third kappa shape index (κ3) is 4.75. The Morgan fingerprint density at radius 2 is 1.90 bits per heavy atom. The Morgan fingerprint density at radius 1 is 1.10 bits per heavy atom. The summed E-state index contributed by atoms with van der Waals surface area (Å²) in [5.74, 6) is 0.270. The average Bonchev–Trinajstić information content (AvgIpc) is 3.53. The Labute approximate surface area is 182 Å². The van der Waals surface area contributed by atoms with E-state index in [1.807, 2.05) is 54.1 Å². The fourth-order valence-electron chi connectivity index (χ4n) is 3.07. The predicted octanol–water partition coefficient (Wildman–Crippen LogP) is 4.32. The Hall–Kier alpha value is -3.65. The molecule has 1 N–H and O–H groups in total. The SMILES string of the molecule is Cc1csc(=NC(=O)c2ccco2)n1Cc1ccc(C(=O)N[C@H](C)c2ccccc2)o1. The lowest BCUT2D eigenvalue weighted by atomic mass is 10.1. The van der Waals surface area contributed by atoms with E-state index < -0.39 is 5.91 Å². The number of nitrogens with one attached hydrogen (secondary N) is 1. The number of rotatable bonds is 6. The van der Waals surface area contributed by atoms with Crippen molar-refractivity contribution in [3.63, 3.8) is 0 Å². The Morgan fingerprint density at radius 3 is 2.65 bits per heavy atom. The van der Waals surface area contributed by atoms with Crippen molar-refractivity contribution in [2.45, 2.75) is 26.4 Å². The first-order valence-corrected chi connectivity index (χ1v) is 10.6. The molecule has 0 spiro atoms. The molecule has 1 aromatic carbocycles. The van der Waals surface area contributed by atoms with E-state index >= 15 is 0 Å². The van der Waals surface area contributed by atoms with Crippen LogP contribution in [0.1, 0.15) is 51.1 Å². The monoisotopic (exact) mass is 435 g/mol. The van der Waals surface area contributed by atoms with Gasteiger partial charge in [0, 0.05) is 11.1 Å². The highest BCUT2D eigenvalue weighted by molar-refractivity contribution is 7.07. The molecule has 3 aromatic heterocycles. The highest BCUT2D eigenvalue weighted by Gasteiger charge is 2.16. The van der Waals surface area contributed by atoms with E-state index in [1.54, 1.807) is 24.3 Å². The van der Waals surface area contributed by atoms with Gasteiger partial charge in [0.1, 0.15) is 5.76 Å². The first kappa shape index (κ1) is 20.6. The normalized spacial score (nSPS) is 12.6. The first-order valence-electron chi connectivity index (χ1n) is 9.73. The van der Waals surface area contributed by atoms with E-state index in [2.05, 4.69) is 10.3 Å². The molecule has 0 aliphatic carbocycles. The minimum atomic E-state index is -0.449. The summed E-state index contributed by atoms with van der Waals surface area (Å²) in [6.45, 7) is 4.19. The first-order chi connectivity index (χ1) is 15.0. The molecule has 0 unspecified atom stereocenters. The highest BCUT2D eigenvalue weighted by Crippen LogP contribution is 2.15. The molecule has 0 fully saturated rings. The number of amides is 2. The lowest BCUT2D eigenvalue weighted by molar-refractivity contribution is 0.0909. The van der Waals surface area contributed by atoms with Crippen LogP contribution in [0, 0.1) is 6.92 Å². The van der Waals surface area contributed by atoms with Gasteiger partial charge in [0.2, 0.25) is 0 Å². The molecule has 0 radical (unpaired) electrons. The van der Waals surface area contributed by atoms with Crippen LogP contribution in [-0.2, 0) is 6.54 Å². The predicted molar refractivity (Wildman–Crippen MR) is 116 cm³/mol. The van der Waals surface area contributed by atoms with Gasteiger partial charge >= 0.3 is 5.91 Å². The molecule has 31 heavy (non-hydrogen) atoms. The smallest absolute Gasteiger partial charge is 0.315 e. The number of furan rings is 2. The number of hydrogen-bond acceptors (Lipinski definition) is 5. The molecule has 158 valence electrons. The molecular formula is C23H21N3O4S. The maximum absolute atomic E-state index is 12.6. The van der Waals surface area contributed by atoms with E-state index in [9.17, 15) is 9.59 Å². The third-order valence-electron chi connectivity index (χ3n) is 4.77. The molecule has 1 atom stereocenters. The summed E-state index contributed by atoms with van der Waals surface area (Å²) < 4.78 is 12.7. The van der Waals surface area contributed by atoms with Crippen LogP contribution in [0.2, 0.25) is 0 Å². The highest BCUT2D eigenvalue weighted by atomic mass is 32.1. The second kappa shape index (κ2) is 9.01. The molecule has 2 amide bonds. The van der Waals surface area contributed by atoms with Gasteiger partial charge in [-0.05, 0) is 43.7 Å². The molecule has 4 aromatic rings. The lowest BCUT2D eigenvalue weighted by Crippen LogP contribution is -2.26. The number of nitrogens with zero attached hydrogens (tertiary/aromatic N) is 2. The molecule has 8 heteroatoms. The van der Waals surface area contributed by atoms with E-state index in [1.165, 1.54) is 17.6 Å². The van der Waals surface area contributed by atoms with Crippen molar-refractivity contribution in [3.8, 4) is 0 Å². The van der Waals surface area contributed by atoms with Gasteiger partial charge in [-0.3, -0.25) is 9.59 Å². The zero-order valence-corrected chi connectivity index (χ0v) is 17.9. The van der Waals surface area contributed by atoms with Crippen LogP contribution < -0.4 is 10.1 Å². The van der Waals surface area contributed by atoms with Crippen LogP contribution in [0.15, 0.2) is 80.1 Å². The number of thiazole rings is 1. The third-order valence-corrected chi connectivity index (χ3v) is 5.75. The van der Waals surface area contributed by atoms with E-state index in [-0.39, 0.29) is 23.5 Å². The molecule has 3 heterocycles. The van der Waals surface area contributed by atoms with Crippen molar-refractivity contribution in [1.29, 1.82) is 0 Å². The van der Waals surface area contributed by atoms with Crippen LogP contribution in [0.5, 0.6) is 0 Å². The van der Waals surface area contributed by atoms with Gasteiger partial charge in [-0.2, -0.15) is 4.99 Å². The summed E-state index contributed by atoms with van der Waals surface area (Å²) >= 11 is 1.35. The Kier molecular flexibility index (Phi) is 5.99. The van der Waals surface area contributed by atoms with Crippen molar-refractivity contribution < 1.29 is 18.4 Å². The van der Waals surface area contributed by atoms with Gasteiger partial charge in [-0.25, -0.2) is 0 Å². The molecule has 0 bridgehead atoms. The average molecular weight is 436 g/mol. The summed E-state index contributed by atoms with van der Waals surface area (Å²) in [5, 5.41) is 4.85. The minimum Gasteiger partial charge on any atom is -0.459 e. The molecule has 0 saturated carbocycles. The lowest BCUT2D eigenvalue weighted by Gasteiger charge is -2.13. The van der Waals surface area contributed by atoms with Gasteiger partial charge in [-0.15, -0.1) is 11.3 Å². The van der Waals surface area contributed by atoms with Crippen molar-refractivity contribution in [1.82, 2.24) is 9.88 Å². The summed E-state index contributed by atoms with van der Waals surface area (Å²) in [7, 11) is 0. The van der Waals surface area contributed by atoms with Crippen molar-refractivity contribution in [2.75, 3.05) is 0 Å². The van der Waals surface area contributed by atoms with Crippen molar-refractivity contribution in [3.05, 3.63) is 99.6 Å². The molecule has 4 rings (SSSR count). The summed E-state index contributed by atoms with van der Waals surface area (Å²) in [4.78, 5) is 29.5. The second-order valence-corrected chi connectivity index (χ2v) is 7.85. The van der Waals surface area contributed by atoms with Crippen molar-refractivity contribution in [2.24, 2.45) is 4.99 Å². The largest absolute Gasteiger partial charge is 0.459 e. The zero-order valence-electron chi connectivity index (χ0n) is 17.1. The van der Waals surface area contributed by atoms with Gasteiger partial charge in [-0.1, -0.05) is 30.3 Å². The summed E-state index contributed by atoms with van der Waals surface area (Å²) in [5.41, 5.74) is 1.94. The van der Waals surface area contributed by atoms with Gasteiger partial charge in [0.05, 0.1) is 18.8 Å². The number of carbonyl (C=O) groups is 2. The van der Waals surface area contributed by atoms with Crippen molar-refractivity contribution >= 4 is 23.2 Å². The van der Waals surface area contributed by atoms with E-state index in [0.29, 0.717) is 17.1 Å². The quantitative estimate of drug-likeness (QED) is 0.488. The molecule has 0 aliphatic heterocycles. The standard InChI is InChI=1S/C23H21N3O4S/c1-15-14-31-23(25-21(27)19-9-6-12-29-19)26(15)13-18-10-11-20(30-18)22(28)24-16(2)17-7-4-3-5-8-17/h3-12,14,16H,13H2,1-2H3,(H,24,28)/t16-/m1/s1. The fourth-order valence-corrected chi connectivity index (χ4v) is 3.95.